The molecule has 0 saturated carbocycles. The average Bonchev–Trinajstić information content (AvgIpc) is 3.09. The van der Waals surface area contributed by atoms with Crippen molar-refractivity contribution < 1.29 is 27.4 Å². The Morgan fingerprint density at radius 2 is 1.42 bits per heavy atom. The Kier molecular flexibility index (Phi) is 6.06. The van der Waals surface area contributed by atoms with Crippen LogP contribution in [0.4, 0.5) is 5.69 Å². The zero-order valence-corrected chi connectivity index (χ0v) is 18.4. The first-order valence-corrected chi connectivity index (χ1v) is 11.9. The van der Waals surface area contributed by atoms with Crippen molar-refractivity contribution in [2.24, 2.45) is 0 Å². The number of hydrogen-bond acceptors (Lipinski definition) is 7. The molecular formula is C22H26N2O6S. The summed E-state index contributed by atoms with van der Waals surface area (Å²) in [5.74, 6) is 2.01. The second-order valence-corrected chi connectivity index (χ2v) is 9.82. The monoisotopic (exact) mass is 446 g/mol. The summed E-state index contributed by atoms with van der Waals surface area (Å²) in [4.78, 5) is 16.6. The minimum Gasteiger partial charge on any atom is -0.497 e. The van der Waals surface area contributed by atoms with Crippen molar-refractivity contribution in [1.29, 1.82) is 0 Å². The van der Waals surface area contributed by atoms with Gasteiger partial charge in [0.2, 0.25) is 5.91 Å². The lowest BCUT2D eigenvalue weighted by molar-refractivity contribution is -0.123. The first-order chi connectivity index (χ1) is 14.9. The molecule has 166 valence electrons. The number of carbonyl (C=O) groups is 1. The lowest BCUT2D eigenvalue weighted by atomic mass is 10.0. The highest BCUT2D eigenvalue weighted by Crippen LogP contribution is 2.32. The van der Waals surface area contributed by atoms with Gasteiger partial charge in [0, 0.05) is 18.3 Å². The molecule has 2 atom stereocenters. The molecule has 0 radical (unpaired) electrons. The summed E-state index contributed by atoms with van der Waals surface area (Å²) in [7, 11) is -0.0612. The van der Waals surface area contributed by atoms with Gasteiger partial charge in [-0.05, 0) is 48.5 Å². The van der Waals surface area contributed by atoms with Crippen LogP contribution in [0.1, 0.15) is 0 Å². The van der Waals surface area contributed by atoms with E-state index in [4.69, 9.17) is 14.2 Å². The molecule has 0 aromatic heterocycles. The fourth-order valence-corrected chi connectivity index (χ4v) is 6.21. The molecule has 2 heterocycles. The number of piperazine rings is 1. The fourth-order valence-electron chi connectivity index (χ4n) is 4.23. The molecule has 4 rings (SSSR count). The van der Waals surface area contributed by atoms with E-state index in [2.05, 4.69) is 0 Å². The van der Waals surface area contributed by atoms with Crippen molar-refractivity contribution in [2.45, 2.75) is 12.1 Å². The van der Waals surface area contributed by atoms with Gasteiger partial charge in [-0.3, -0.25) is 9.69 Å². The Labute approximate surface area is 182 Å². The van der Waals surface area contributed by atoms with Gasteiger partial charge in [-0.25, -0.2) is 8.42 Å². The largest absolute Gasteiger partial charge is 0.497 e. The molecule has 1 amide bonds. The smallest absolute Gasteiger partial charge is 0.241 e. The fraction of sp³-hybridized carbons (Fsp3) is 0.409. The Balaban J connectivity index is 1.47. The van der Waals surface area contributed by atoms with E-state index < -0.39 is 15.9 Å². The number of fused-ring (bicyclic) bond motifs is 1. The van der Waals surface area contributed by atoms with Crippen molar-refractivity contribution >= 4 is 21.4 Å². The summed E-state index contributed by atoms with van der Waals surface area (Å²) < 4.78 is 41.0. The van der Waals surface area contributed by atoms with Gasteiger partial charge in [0.15, 0.2) is 9.84 Å². The maximum absolute atomic E-state index is 13.0. The summed E-state index contributed by atoms with van der Waals surface area (Å²) in [6.07, 6.45) is 0. The second-order valence-electron chi connectivity index (χ2n) is 7.67. The van der Waals surface area contributed by atoms with Gasteiger partial charge in [0.25, 0.3) is 0 Å². The van der Waals surface area contributed by atoms with E-state index in [-0.39, 0.29) is 30.0 Å². The molecule has 8 nitrogen and oxygen atoms in total. The molecule has 0 spiro atoms. The predicted molar refractivity (Wildman–Crippen MR) is 117 cm³/mol. The molecule has 2 aliphatic heterocycles. The zero-order valence-electron chi connectivity index (χ0n) is 17.6. The number of amides is 1. The standard InChI is InChI=1S/C22H26N2O6S/c1-28-17-5-3-16(4-6-17)24-21-15-31(26,27)14-20(21)23(13-22(24)25)11-12-30-19-9-7-18(29-2)8-10-19/h3-10,20-21H,11-15H2,1-2H3/t20-,21+/m0/s1. The highest BCUT2D eigenvalue weighted by molar-refractivity contribution is 7.91. The number of carbonyl (C=O) groups excluding carboxylic acids is 1. The van der Waals surface area contributed by atoms with E-state index >= 15 is 0 Å². The number of sulfone groups is 1. The quantitative estimate of drug-likeness (QED) is 0.639. The van der Waals surface area contributed by atoms with E-state index in [1.54, 1.807) is 43.4 Å². The number of rotatable bonds is 7. The molecule has 0 bridgehead atoms. The summed E-state index contributed by atoms with van der Waals surface area (Å²) in [6, 6.07) is 13.7. The number of nitrogens with zero attached hydrogens (tertiary/aromatic N) is 2. The van der Waals surface area contributed by atoms with Crippen molar-refractivity contribution in [3.63, 3.8) is 0 Å². The van der Waals surface area contributed by atoms with Gasteiger partial charge in [-0.15, -0.1) is 0 Å². The number of anilines is 1. The molecule has 9 heteroatoms. The maximum atomic E-state index is 13.0. The van der Waals surface area contributed by atoms with Crippen LogP contribution >= 0.6 is 0 Å². The molecule has 0 unspecified atom stereocenters. The SMILES string of the molecule is COc1ccc(OCCN2CC(=O)N(c3ccc(OC)cc3)[C@@H]3CS(=O)(=O)C[C@@H]32)cc1. The average molecular weight is 447 g/mol. The Bertz CT molecular complexity index is 1020. The second kappa shape index (κ2) is 8.76. The highest BCUT2D eigenvalue weighted by atomic mass is 32.2. The number of methoxy groups -OCH3 is 2. The lowest BCUT2D eigenvalue weighted by Gasteiger charge is -2.43. The third-order valence-electron chi connectivity index (χ3n) is 5.76. The predicted octanol–water partition coefficient (Wildman–Crippen LogP) is 1.60. The minimum atomic E-state index is -3.24. The first kappa shape index (κ1) is 21.5. The van der Waals surface area contributed by atoms with Crippen LogP contribution in [0, 0.1) is 0 Å². The lowest BCUT2D eigenvalue weighted by Crippen LogP contribution is -2.62. The van der Waals surface area contributed by atoms with Gasteiger partial charge in [-0.1, -0.05) is 0 Å². The van der Waals surface area contributed by atoms with Crippen LogP contribution in [0.25, 0.3) is 0 Å². The summed E-state index contributed by atoms with van der Waals surface area (Å²) in [5, 5.41) is 0. The molecular weight excluding hydrogens is 420 g/mol. The molecule has 0 N–H and O–H groups in total. The topological polar surface area (TPSA) is 85.4 Å². The molecule has 2 aromatic carbocycles. The Hall–Kier alpha value is -2.78. The number of benzene rings is 2. The molecule has 2 fully saturated rings. The number of hydrogen-bond donors (Lipinski definition) is 0. The van der Waals surface area contributed by atoms with Crippen LogP contribution in [0.2, 0.25) is 0 Å². The summed E-state index contributed by atoms with van der Waals surface area (Å²) in [6.45, 7) is 0.963. The summed E-state index contributed by atoms with van der Waals surface area (Å²) >= 11 is 0. The van der Waals surface area contributed by atoms with Crippen LogP contribution in [0.3, 0.4) is 0 Å². The minimum absolute atomic E-state index is 0.0364. The van der Waals surface area contributed by atoms with Crippen LogP contribution < -0.4 is 19.1 Å². The maximum Gasteiger partial charge on any atom is 0.241 e. The van der Waals surface area contributed by atoms with Crippen molar-refractivity contribution in [2.75, 3.05) is 50.3 Å². The van der Waals surface area contributed by atoms with E-state index in [1.807, 2.05) is 29.2 Å². The Morgan fingerprint density at radius 3 is 2.03 bits per heavy atom. The zero-order chi connectivity index (χ0) is 22.0. The van der Waals surface area contributed by atoms with E-state index in [0.717, 1.165) is 5.75 Å². The third-order valence-corrected chi connectivity index (χ3v) is 7.46. The highest BCUT2D eigenvalue weighted by Gasteiger charge is 2.49. The van der Waals surface area contributed by atoms with Gasteiger partial charge in [0.05, 0.1) is 38.3 Å². The van der Waals surface area contributed by atoms with E-state index in [9.17, 15) is 13.2 Å². The summed E-state index contributed by atoms with van der Waals surface area (Å²) in [5.41, 5.74) is 0.687. The van der Waals surface area contributed by atoms with Crippen LogP contribution in [0.5, 0.6) is 17.2 Å². The molecule has 2 aromatic rings. The molecule has 2 aliphatic rings. The van der Waals surface area contributed by atoms with Crippen molar-refractivity contribution in [3.05, 3.63) is 48.5 Å². The van der Waals surface area contributed by atoms with Crippen LogP contribution in [-0.4, -0.2) is 76.7 Å². The third kappa shape index (κ3) is 4.62. The van der Waals surface area contributed by atoms with Crippen LogP contribution in [-0.2, 0) is 14.6 Å². The van der Waals surface area contributed by atoms with Crippen molar-refractivity contribution in [1.82, 2.24) is 4.90 Å². The van der Waals surface area contributed by atoms with Gasteiger partial charge in [0.1, 0.15) is 23.9 Å². The van der Waals surface area contributed by atoms with Crippen LogP contribution in [0.15, 0.2) is 48.5 Å². The molecule has 0 aliphatic carbocycles. The molecule has 2 saturated heterocycles. The van der Waals surface area contributed by atoms with Gasteiger partial charge in [-0.2, -0.15) is 0 Å². The van der Waals surface area contributed by atoms with E-state index in [0.29, 0.717) is 30.3 Å². The van der Waals surface area contributed by atoms with Gasteiger partial charge >= 0.3 is 0 Å². The number of ether oxygens (including phenoxy) is 3. The normalized spacial score (nSPS) is 22.8. The Morgan fingerprint density at radius 1 is 0.871 bits per heavy atom. The van der Waals surface area contributed by atoms with Gasteiger partial charge < -0.3 is 19.1 Å². The van der Waals surface area contributed by atoms with E-state index in [1.165, 1.54) is 0 Å². The first-order valence-electron chi connectivity index (χ1n) is 10.1. The van der Waals surface area contributed by atoms with Crippen molar-refractivity contribution in [3.8, 4) is 17.2 Å². The molecule has 31 heavy (non-hydrogen) atoms.